The van der Waals surface area contributed by atoms with Crippen molar-refractivity contribution in [1.29, 1.82) is 5.26 Å². The van der Waals surface area contributed by atoms with E-state index in [0.29, 0.717) is 22.8 Å². The van der Waals surface area contributed by atoms with Gasteiger partial charge in [-0.25, -0.2) is 0 Å². The molecule has 1 N–H and O–H groups in total. The molecule has 1 aliphatic rings. The Labute approximate surface area is 154 Å². The summed E-state index contributed by atoms with van der Waals surface area (Å²) in [4.78, 5) is 16.8. The van der Waals surface area contributed by atoms with Crippen molar-refractivity contribution in [3.05, 3.63) is 29.8 Å². The zero-order valence-corrected chi connectivity index (χ0v) is 15.5. The van der Waals surface area contributed by atoms with Gasteiger partial charge in [-0.1, -0.05) is 12.1 Å². The Morgan fingerprint density at radius 2 is 2.00 bits per heavy atom. The molecule has 0 radical (unpaired) electrons. The average molecular weight is 360 g/mol. The predicted molar refractivity (Wildman–Crippen MR) is 101 cm³/mol. The summed E-state index contributed by atoms with van der Waals surface area (Å²) in [7, 11) is 0. The fourth-order valence-corrected chi connectivity index (χ4v) is 2.91. The smallest absolute Gasteiger partial charge is 0.261 e. The molecule has 1 heterocycles. The van der Waals surface area contributed by atoms with E-state index < -0.39 is 0 Å². The quantitative estimate of drug-likeness (QED) is 0.810. The summed E-state index contributed by atoms with van der Waals surface area (Å²) in [6, 6.07) is 9.32. The lowest BCUT2D eigenvalue weighted by Crippen LogP contribution is -2.52. The lowest BCUT2D eigenvalue weighted by molar-refractivity contribution is 0.0964. The first kappa shape index (κ1) is 19.2. The van der Waals surface area contributed by atoms with Crippen LogP contribution in [0.15, 0.2) is 24.3 Å². The normalized spacial score (nSPS) is 14.9. The molecule has 1 fully saturated rings. The number of ether oxygens (including phenoxy) is 1. The van der Waals surface area contributed by atoms with Crippen molar-refractivity contribution in [1.82, 2.24) is 15.1 Å². The molecule has 0 unspecified atom stereocenters. The molecule has 1 aromatic rings. The van der Waals surface area contributed by atoms with E-state index in [4.69, 9.17) is 22.2 Å². The Balaban J connectivity index is 1.91. The van der Waals surface area contributed by atoms with E-state index in [1.54, 1.807) is 18.2 Å². The second kappa shape index (κ2) is 9.35. The number of nitrogens with zero attached hydrogens (tertiary/aromatic N) is 3. The summed E-state index contributed by atoms with van der Waals surface area (Å²) in [6.07, 6.45) is 0.524. The number of rotatable bonds is 5. The van der Waals surface area contributed by atoms with Crippen LogP contribution in [0.4, 0.5) is 0 Å². The zero-order chi connectivity index (χ0) is 18.2. The van der Waals surface area contributed by atoms with Crippen molar-refractivity contribution in [3.63, 3.8) is 0 Å². The van der Waals surface area contributed by atoms with Gasteiger partial charge < -0.3 is 9.64 Å². The van der Waals surface area contributed by atoms with Gasteiger partial charge in [-0.2, -0.15) is 5.26 Å². The molecular weight excluding hydrogens is 336 g/mol. The van der Waals surface area contributed by atoms with Crippen molar-refractivity contribution in [2.24, 2.45) is 0 Å². The molecule has 0 atom stereocenters. The number of carbonyl (C=O) groups excluding carboxylic acids is 1. The zero-order valence-electron chi connectivity index (χ0n) is 14.7. The Morgan fingerprint density at radius 1 is 1.32 bits per heavy atom. The highest BCUT2D eigenvalue weighted by Gasteiger charge is 2.21. The van der Waals surface area contributed by atoms with Crippen LogP contribution < -0.4 is 10.1 Å². The minimum atomic E-state index is -0.256. The standard InChI is InChI=1S/C18H24N4O2S/c1-14(2)24-16-7-4-3-6-15(16)17(23)20-18(25)22-12-10-21(11-13-22)9-5-8-19/h3-4,6-7,14H,5,9-13H2,1-2H3,(H,20,23,25). The first-order chi connectivity index (χ1) is 12.0. The van der Waals surface area contributed by atoms with Gasteiger partial charge in [-0.05, 0) is 38.2 Å². The van der Waals surface area contributed by atoms with Gasteiger partial charge in [-0.3, -0.25) is 15.0 Å². The minimum Gasteiger partial charge on any atom is -0.490 e. The fraction of sp³-hybridized carbons (Fsp3) is 0.500. The molecule has 1 aliphatic heterocycles. The van der Waals surface area contributed by atoms with Crippen LogP contribution in [0.3, 0.4) is 0 Å². The SMILES string of the molecule is CC(C)Oc1ccccc1C(=O)NC(=S)N1CCN(CCC#N)CC1. The number of hydrogen-bond acceptors (Lipinski definition) is 5. The van der Waals surface area contributed by atoms with Crippen LogP contribution in [0.5, 0.6) is 5.75 Å². The van der Waals surface area contributed by atoms with Crippen molar-refractivity contribution < 1.29 is 9.53 Å². The summed E-state index contributed by atoms with van der Waals surface area (Å²) >= 11 is 5.39. The molecule has 1 amide bonds. The number of carbonyl (C=O) groups is 1. The predicted octanol–water partition coefficient (Wildman–Crippen LogP) is 2.02. The highest BCUT2D eigenvalue weighted by atomic mass is 32.1. The molecule has 134 valence electrons. The van der Waals surface area contributed by atoms with E-state index >= 15 is 0 Å². The molecule has 0 saturated carbocycles. The Morgan fingerprint density at radius 3 is 2.64 bits per heavy atom. The highest BCUT2D eigenvalue weighted by Crippen LogP contribution is 2.19. The molecule has 7 heteroatoms. The van der Waals surface area contributed by atoms with Crippen LogP contribution >= 0.6 is 12.2 Å². The molecule has 1 saturated heterocycles. The van der Waals surface area contributed by atoms with Crippen LogP contribution in [0.2, 0.25) is 0 Å². The first-order valence-electron chi connectivity index (χ1n) is 8.46. The van der Waals surface area contributed by atoms with Gasteiger partial charge >= 0.3 is 0 Å². The van der Waals surface area contributed by atoms with Gasteiger partial charge in [0, 0.05) is 39.1 Å². The molecule has 2 rings (SSSR count). The van der Waals surface area contributed by atoms with Crippen molar-refractivity contribution in [3.8, 4) is 11.8 Å². The van der Waals surface area contributed by atoms with Crippen molar-refractivity contribution >= 4 is 23.2 Å². The monoisotopic (exact) mass is 360 g/mol. The number of hydrogen-bond donors (Lipinski definition) is 1. The molecule has 25 heavy (non-hydrogen) atoms. The van der Waals surface area contributed by atoms with E-state index in [-0.39, 0.29) is 12.0 Å². The lowest BCUT2D eigenvalue weighted by Gasteiger charge is -2.35. The molecular formula is C18H24N4O2S. The Kier molecular flexibility index (Phi) is 7.16. The van der Waals surface area contributed by atoms with E-state index in [9.17, 15) is 4.79 Å². The molecule has 0 bridgehead atoms. The maximum absolute atomic E-state index is 12.6. The van der Waals surface area contributed by atoms with E-state index in [1.165, 1.54) is 0 Å². The van der Waals surface area contributed by atoms with Gasteiger partial charge in [0.15, 0.2) is 5.11 Å². The van der Waals surface area contributed by atoms with Gasteiger partial charge in [-0.15, -0.1) is 0 Å². The third-order valence-electron chi connectivity index (χ3n) is 3.91. The number of nitriles is 1. The number of para-hydroxylation sites is 1. The first-order valence-corrected chi connectivity index (χ1v) is 8.87. The van der Waals surface area contributed by atoms with Crippen molar-refractivity contribution in [2.45, 2.75) is 26.4 Å². The largest absolute Gasteiger partial charge is 0.490 e. The summed E-state index contributed by atoms with van der Waals surface area (Å²) in [5.41, 5.74) is 0.478. The number of amides is 1. The van der Waals surface area contributed by atoms with Gasteiger partial charge in [0.2, 0.25) is 0 Å². The van der Waals surface area contributed by atoms with E-state index in [1.807, 2.05) is 24.8 Å². The van der Waals surface area contributed by atoms with Gasteiger partial charge in [0.05, 0.1) is 17.7 Å². The fourth-order valence-electron chi connectivity index (χ4n) is 2.64. The topological polar surface area (TPSA) is 68.6 Å². The van der Waals surface area contributed by atoms with Crippen LogP contribution in [0, 0.1) is 11.3 Å². The van der Waals surface area contributed by atoms with Gasteiger partial charge in [0.25, 0.3) is 5.91 Å². The lowest BCUT2D eigenvalue weighted by atomic mass is 10.2. The number of piperazine rings is 1. The second-order valence-electron chi connectivity index (χ2n) is 6.16. The highest BCUT2D eigenvalue weighted by molar-refractivity contribution is 7.80. The Bertz CT molecular complexity index is 649. The third kappa shape index (κ3) is 5.69. The average Bonchev–Trinajstić information content (AvgIpc) is 2.60. The Hall–Kier alpha value is -2.17. The van der Waals surface area contributed by atoms with Crippen LogP contribution in [0.25, 0.3) is 0 Å². The molecule has 6 nitrogen and oxygen atoms in total. The third-order valence-corrected chi connectivity index (χ3v) is 4.27. The van der Waals surface area contributed by atoms with E-state index in [2.05, 4.69) is 16.3 Å². The maximum Gasteiger partial charge on any atom is 0.261 e. The van der Waals surface area contributed by atoms with Crippen LogP contribution in [-0.2, 0) is 0 Å². The number of nitrogens with one attached hydrogen (secondary N) is 1. The minimum absolute atomic E-state index is 0.0117. The van der Waals surface area contributed by atoms with Crippen LogP contribution in [0.1, 0.15) is 30.6 Å². The maximum atomic E-state index is 12.6. The molecule has 1 aromatic carbocycles. The summed E-state index contributed by atoms with van der Waals surface area (Å²) in [5, 5.41) is 11.9. The molecule has 0 aromatic heterocycles. The summed E-state index contributed by atoms with van der Waals surface area (Å²) in [5.74, 6) is 0.298. The number of thiocarbonyl (C=S) groups is 1. The number of benzene rings is 1. The molecule has 0 spiro atoms. The summed E-state index contributed by atoms with van der Waals surface area (Å²) in [6.45, 7) is 7.79. The van der Waals surface area contributed by atoms with Gasteiger partial charge in [0.1, 0.15) is 5.75 Å². The van der Waals surface area contributed by atoms with E-state index in [0.717, 1.165) is 32.7 Å². The molecule has 0 aliphatic carbocycles. The van der Waals surface area contributed by atoms with Crippen molar-refractivity contribution in [2.75, 3.05) is 32.7 Å². The van der Waals surface area contributed by atoms with Crippen LogP contribution in [-0.4, -0.2) is 59.6 Å². The summed E-state index contributed by atoms with van der Waals surface area (Å²) < 4.78 is 5.69. The second-order valence-corrected chi connectivity index (χ2v) is 6.55.